The Bertz CT molecular complexity index is 332. The summed E-state index contributed by atoms with van der Waals surface area (Å²) in [6.07, 6.45) is 6.44. The Hall–Kier alpha value is -0.630. The maximum Gasteiger partial charge on any atom is 0.145 e. The Morgan fingerprint density at radius 1 is 1.53 bits per heavy atom. The van der Waals surface area contributed by atoms with Crippen LogP contribution in [0.25, 0.3) is 0 Å². The van der Waals surface area contributed by atoms with Gasteiger partial charge < -0.3 is 5.11 Å². The molecule has 17 heavy (non-hydrogen) atoms. The molecule has 0 aromatic rings. The van der Waals surface area contributed by atoms with Crippen LogP contribution >= 0.6 is 0 Å². The first-order valence-electron chi connectivity index (χ1n) is 6.81. The van der Waals surface area contributed by atoms with Crippen LogP contribution in [0.5, 0.6) is 0 Å². The summed E-state index contributed by atoms with van der Waals surface area (Å²) in [5.74, 6) is 1.76. The second kappa shape index (κ2) is 4.56. The highest BCUT2D eigenvalue weighted by Gasteiger charge is 2.50. The standard InChI is InChI=1S/C15H24O2/c1-10(2)12-6-7-15(3)13(12)8-11(9-16)4-5-14(15)17/h4,9-10,12-14,17H,5-8H2,1-3H3/t12-,13-,14-,15-/m1/s1. The summed E-state index contributed by atoms with van der Waals surface area (Å²) < 4.78 is 0. The Kier molecular flexibility index (Phi) is 3.44. The Morgan fingerprint density at radius 3 is 2.82 bits per heavy atom. The van der Waals surface area contributed by atoms with E-state index in [-0.39, 0.29) is 11.5 Å². The van der Waals surface area contributed by atoms with Crippen molar-refractivity contribution in [2.24, 2.45) is 23.2 Å². The SMILES string of the molecule is CC(C)[C@H]1CC[C@@]2(C)[C@H](O)CC=C(C=O)C[C@H]12. The van der Waals surface area contributed by atoms with Crippen LogP contribution in [-0.2, 0) is 4.79 Å². The Morgan fingerprint density at radius 2 is 2.24 bits per heavy atom. The third kappa shape index (κ3) is 2.08. The number of fused-ring (bicyclic) bond motifs is 1. The van der Waals surface area contributed by atoms with Crippen molar-refractivity contribution in [1.82, 2.24) is 0 Å². The Labute approximate surface area is 104 Å². The van der Waals surface area contributed by atoms with Crippen LogP contribution in [0.2, 0.25) is 0 Å². The molecular weight excluding hydrogens is 212 g/mol. The van der Waals surface area contributed by atoms with Crippen molar-refractivity contribution in [2.75, 3.05) is 0 Å². The van der Waals surface area contributed by atoms with Gasteiger partial charge in [-0.15, -0.1) is 0 Å². The summed E-state index contributed by atoms with van der Waals surface area (Å²) in [5.41, 5.74) is 0.904. The molecule has 0 unspecified atom stereocenters. The lowest BCUT2D eigenvalue weighted by atomic mass is 9.69. The van der Waals surface area contributed by atoms with Gasteiger partial charge in [0.2, 0.25) is 0 Å². The fourth-order valence-electron chi connectivity index (χ4n) is 3.92. The molecule has 0 aromatic carbocycles. The van der Waals surface area contributed by atoms with Crippen molar-refractivity contribution >= 4 is 6.29 Å². The third-order valence-corrected chi connectivity index (χ3v) is 5.21. The molecule has 1 N–H and O–H groups in total. The normalized spacial score (nSPS) is 41.9. The number of carbonyl (C=O) groups excluding carboxylic acids is 1. The van der Waals surface area contributed by atoms with E-state index >= 15 is 0 Å². The van der Waals surface area contributed by atoms with Crippen LogP contribution in [0.1, 0.15) is 46.5 Å². The van der Waals surface area contributed by atoms with Gasteiger partial charge in [0.1, 0.15) is 6.29 Å². The highest BCUT2D eigenvalue weighted by Crippen LogP contribution is 2.55. The summed E-state index contributed by atoms with van der Waals surface area (Å²) >= 11 is 0. The van der Waals surface area contributed by atoms with Crippen LogP contribution in [-0.4, -0.2) is 17.5 Å². The minimum Gasteiger partial charge on any atom is -0.392 e. The quantitative estimate of drug-likeness (QED) is 0.748. The lowest BCUT2D eigenvalue weighted by Gasteiger charge is -2.37. The molecule has 2 aliphatic rings. The lowest BCUT2D eigenvalue weighted by Crippen LogP contribution is -2.37. The molecule has 0 saturated heterocycles. The van der Waals surface area contributed by atoms with Gasteiger partial charge in [-0.2, -0.15) is 0 Å². The van der Waals surface area contributed by atoms with Crippen molar-refractivity contribution in [2.45, 2.75) is 52.6 Å². The number of hydrogen-bond acceptors (Lipinski definition) is 2. The second-order valence-electron chi connectivity index (χ2n) is 6.41. The van der Waals surface area contributed by atoms with E-state index < -0.39 is 0 Å². The van der Waals surface area contributed by atoms with E-state index in [0.717, 1.165) is 24.7 Å². The number of aliphatic hydroxyl groups excluding tert-OH is 1. The zero-order valence-corrected chi connectivity index (χ0v) is 11.1. The monoisotopic (exact) mass is 236 g/mol. The zero-order chi connectivity index (χ0) is 12.6. The molecule has 1 fully saturated rings. The molecule has 1 saturated carbocycles. The molecule has 2 rings (SSSR count). The van der Waals surface area contributed by atoms with Crippen LogP contribution < -0.4 is 0 Å². The molecule has 4 atom stereocenters. The first-order chi connectivity index (χ1) is 7.99. The molecule has 0 bridgehead atoms. The molecule has 0 amide bonds. The Balaban J connectivity index is 2.31. The van der Waals surface area contributed by atoms with Gasteiger partial charge in [-0.25, -0.2) is 0 Å². The number of hydrogen-bond donors (Lipinski definition) is 1. The molecule has 0 radical (unpaired) electrons. The van der Waals surface area contributed by atoms with Crippen LogP contribution in [0.15, 0.2) is 11.6 Å². The van der Waals surface area contributed by atoms with Crippen molar-refractivity contribution in [1.29, 1.82) is 0 Å². The second-order valence-corrected chi connectivity index (χ2v) is 6.41. The fourth-order valence-corrected chi connectivity index (χ4v) is 3.92. The number of allylic oxidation sites excluding steroid dienone is 1. The van der Waals surface area contributed by atoms with Gasteiger partial charge >= 0.3 is 0 Å². The average molecular weight is 236 g/mol. The molecular formula is C15H24O2. The van der Waals surface area contributed by atoms with Crippen LogP contribution in [0.3, 0.4) is 0 Å². The van der Waals surface area contributed by atoms with Gasteiger partial charge in [0.05, 0.1) is 6.10 Å². The number of aldehydes is 1. The summed E-state index contributed by atoms with van der Waals surface area (Å²) in [6, 6.07) is 0. The first kappa shape index (κ1) is 12.8. The highest BCUT2D eigenvalue weighted by atomic mass is 16.3. The van der Waals surface area contributed by atoms with E-state index in [0.29, 0.717) is 24.2 Å². The summed E-state index contributed by atoms with van der Waals surface area (Å²) in [6.45, 7) is 6.74. The van der Waals surface area contributed by atoms with E-state index in [1.54, 1.807) is 0 Å². The van der Waals surface area contributed by atoms with E-state index in [2.05, 4.69) is 20.8 Å². The highest BCUT2D eigenvalue weighted by molar-refractivity contribution is 5.73. The topological polar surface area (TPSA) is 37.3 Å². The average Bonchev–Trinajstić information content (AvgIpc) is 2.57. The molecule has 0 aliphatic heterocycles. The number of carbonyl (C=O) groups is 1. The maximum atomic E-state index is 11.0. The van der Waals surface area contributed by atoms with E-state index in [4.69, 9.17) is 0 Å². The van der Waals surface area contributed by atoms with Gasteiger partial charge in [-0.1, -0.05) is 26.8 Å². The van der Waals surface area contributed by atoms with Crippen molar-refractivity contribution in [3.05, 3.63) is 11.6 Å². The maximum absolute atomic E-state index is 11.0. The molecule has 2 heteroatoms. The van der Waals surface area contributed by atoms with Gasteiger partial charge in [0, 0.05) is 0 Å². The minimum absolute atomic E-state index is 0.0101. The van der Waals surface area contributed by atoms with Crippen molar-refractivity contribution in [3.63, 3.8) is 0 Å². The molecule has 2 aliphatic carbocycles. The molecule has 2 nitrogen and oxygen atoms in total. The van der Waals surface area contributed by atoms with E-state index in [1.807, 2.05) is 6.08 Å². The first-order valence-corrected chi connectivity index (χ1v) is 6.81. The van der Waals surface area contributed by atoms with Gasteiger partial charge in [-0.05, 0) is 54.4 Å². The lowest BCUT2D eigenvalue weighted by molar-refractivity contribution is -0.105. The third-order valence-electron chi connectivity index (χ3n) is 5.21. The molecule has 0 aromatic heterocycles. The smallest absolute Gasteiger partial charge is 0.145 e. The van der Waals surface area contributed by atoms with Gasteiger partial charge in [0.15, 0.2) is 0 Å². The predicted octanol–water partition coefficient (Wildman–Crippen LogP) is 2.95. The van der Waals surface area contributed by atoms with E-state index in [1.165, 1.54) is 6.42 Å². The number of aliphatic hydroxyl groups is 1. The number of rotatable bonds is 2. The molecule has 0 spiro atoms. The fraction of sp³-hybridized carbons (Fsp3) is 0.800. The van der Waals surface area contributed by atoms with Crippen LogP contribution in [0.4, 0.5) is 0 Å². The largest absolute Gasteiger partial charge is 0.392 e. The van der Waals surface area contributed by atoms with Gasteiger partial charge in [0.25, 0.3) is 0 Å². The van der Waals surface area contributed by atoms with Crippen molar-refractivity contribution < 1.29 is 9.90 Å². The summed E-state index contributed by atoms with van der Waals surface area (Å²) in [4.78, 5) is 11.0. The summed E-state index contributed by atoms with van der Waals surface area (Å²) in [7, 11) is 0. The van der Waals surface area contributed by atoms with Gasteiger partial charge in [-0.3, -0.25) is 4.79 Å². The molecule has 96 valence electrons. The zero-order valence-electron chi connectivity index (χ0n) is 11.1. The van der Waals surface area contributed by atoms with Crippen LogP contribution in [0, 0.1) is 23.2 Å². The molecule has 0 heterocycles. The van der Waals surface area contributed by atoms with Crippen molar-refractivity contribution in [3.8, 4) is 0 Å². The van der Waals surface area contributed by atoms with E-state index in [9.17, 15) is 9.90 Å². The predicted molar refractivity (Wildman–Crippen MR) is 68.5 cm³/mol. The minimum atomic E-state index is -0.284. The summed E-state index contributed by atoms with van der Waals surface area (Å²) in [5, 5.41) is 10.4.